The number of piperidine rings is 2. The Morgan fingerprint density at radius 2 is 1.94 bits per heavy atom. The van der Waals surface area contributed by atoms with Gasteiger partial charge >= 0.3 is 0 Å². The summed E-state index contributed by atoms with van der Waals surface area (Å²) in [6.07, 6.45) is 6.78. The van der Waals surface area contributed by atoms with Crippen molar-refractivity contribution in [1.29, 1.82) is 0 Å². The number of hydrogen-bond acceptors (Lipinski definition) is 2. The van der Waals surface area contributed by atoms with Crippen molar-refractivity contribution in [3.05, 3.63) is 27.8 Å². The number of ether oxygens (including phenoxy) is 1. The molecular formula is C14H18INO. The molecule has 0 radical (unpaired) electrons. The van der Waals surface area contributed by atoms with Crippen LogP contribution < -0.4 is 10.1 Å². The van der Waals surface area contributed by atoms with Gasteiger partial charge in [0.05, 0.1) is 0 Å². The number of nitrogens with one attached hydrogen (secondary N) is 1. The topological polar surface area (TPSA) is 21.3 Å². The van der Waals surface area contributed by atoms with Crippen molar-refractivity contribution in [2.24, 2.45) is 0 Å². The van der Waals surface area contributed by atoms with Crippen LogP contribution in [0.4, 0.5) is 0 Å². The quantitative estimate of drug-likeness (QED) is 0.832. The van der Waals surface area contributed by atoms with Gasteiger partial charge < -0.3 is 10.1 Å². The van der Waals surface area contributed by atoms with E-state index in [-0.39, 0.29) is 0 Å². The molecule has 0 unspecified atom stereocenters. The number of rotatable bonds is 2. The summed E-state index contributed by atoms with van der Waals surface area (Å²) in [5.41, 5.74) is 0. The molecule has 2 aliphatic heterocycles. The maximum Gasteiger partial charge on any atom is 0.120 e. The molecule has 2 saturated heterocycles. The zero-order chi connectivity index (χ0) is 11.7. The first-order valence-electron chi connectivity index (χ1n) is 6.48. The maximum atomic E-state index is 6.13. The van der Waals surface area contributed by atoms with Crippen LogP contribution in [-0.2, 0) is 0 Å². The predicted octanol–water partition coefficient (Wildman–Crippen LogP) is 3.34. The first-order chi connectivity index (χ1) is 8.29. The Hall–Kier alpha value is -0.290. The molecule has 0 saturated carbocycles. The van der Waals surface area contributed by atoms with Crippen molar-refractivity contribution in [3.8, 4) is 5.75 Å². The van der Waals surface area contributed by atoms with Crippen LogP contribution in [0.25, 0.3) is 0 Å². The average molecular weight is 343 g/mol. The van der Waals surface area contributed by atoms with Crippen LogP contribution in [-0.4, -0.2) is 18.2 Å². The number of fused-ring (bicyclic) bond motifs is 2. The number of benzene rings is 1. The van der Waals surface area contributed by atoms with Gasteiger partial charge in [-0.1, -0.05) is 12.5 Å². The molecule has 1 aromatic rings. The minimum Gasteiger partial charge on any atom is -0.490 e. The standard InChI is InChI=1S/C14H18INO/c15-10-3-1-6-13(7-10)17-14-8-11-4-2-5-12(9-14)16-11/h1,3,6-7,11-12,14,16H,2,4-5,8-9H2/t11-,12+,14-. The molecule has 92 valence electrons. The summed E-state index contributed by atoms with van der Waals surface area (Å²) in [6, 6.07) is 9.74. The van der Waals surface area contributed by atoms with Gasteiger partial charge in [-0.15, -0.1) is 0 Å². The van der Waals surface area contributed by atoms with E-state index in [4.69, 9.17) is 4.74 Å². The highest BCUT2D eigenvalue weighted by atomic mass is 127. The molecule has 1 aromatic carbocycles. The number of hydrogen-bond donors (Lipinski definition) is 1. The summed E-state index contributed by atoms with van der Waals surface area (Å²) in [5.74, 6) is 1.03. The van der Waals surface area contributed by atoms with Crippen LogP contribution in [0.5, 0.6) is 5.75 Å². The molecule has 2 aliphatic rings. The third-order valence-electron chi connectivity index (χ3n) is 3.77. The molecule has 0 spiro atoms. The normalized spacial score (nSPS) is 32.2. The predicted molar refractivity (Wildman–Crippen MR) is 77.4 cm³/mol. The molecule has 3 atom stereocenters. The summed E-state index contributed by atoms with van der Waals surface area (Å²) < 4.78 is 7.37. The third-order valence-corrected chi connectivity index (χ3v) is 4.44. The van der Waals surface area contributed by atoms with Gasteiger partial charge in [0.1, 0.15) is 11.9 Å². The Kier molecular flexibility index (Phi) is 3.56. The molecule has 2 nitrogen and oxygen atoms in total. The van der Waals surface area contributed by atoms with E-state index in [1.807, 2.05) is 0 Å². The van der Waals surface area contributed by atoms with Crippen LogP contribution in [0.1, 0.15) is 32.1 Å². The smallest absolute Gasteiger partial charge is 0.120 e. The van der Waals surface area contributed by atoms with Crippen molar-refractivity contribution < 1.29 is 4.74 Å². The molecule has 0 aromatic heterocycles. The van der Waals surface area contributed by atoms with E-state index >= 15 is 0 Å². The molecule has 1 N–H and O–H groups in total. The van der Waals surface area contributed by atoms with Crippen molar-refractivity contribution in [2.75, 3.05) is 0 Å². The molecule has 3 rings (SSSR count). The molecule has 2 bridgehead atoms. The van der Waals surface area contributed by atoms with Crippen LogP contribution in [0.3, 0.4) is 0 Å². The fourth-order valence-electron chi connectivity index (χ4n) is 3.04. The van der Waals surface area contributed by atoms with E-state index in [2.05, 4.69) is 52.2 Å². The molecule has 17 heavy (non-hydrogen) atoms. The fraction of sp³-hybridized carbons (Fsp3) is 0.571. The van der Waals surface area contributed by atoms with Crippen LogP contribution in [0.15, 0.2) is 24.3 Å². The Morgan fingerprint density at radius 3 is 2.65 bits per heavy atom. The zero-order valence-electron chi connectivity index (χ0n) is 9.86. The molecular weight excluding hydrogens is 325 g/mol. The van der Waals surface area contributed by atoms with Gasteiger partial charge in [-0.3, -0.25) is 0 Å². The van der Waals surface area contributed by atoms with E-state index in [1.54, 1.807) is 0 Å². The summed E-state index contributed by atoms with van der Waals surface area (Å²) in [6.45, 7) is 0. The summed E-state index contributed by atoms with van der Waals surface area (Å²) >= 11 is 2.33. The Balaban J connectivity index is 1.65. The van der Waals surface area contributed by atoms with Gasteiger partial charge in [-0.05, 0) is 66.5 Å². The van der Waals surface area contributed by atoms with E-state index in [9.17, 15) is 0 Å². The van der Waals surface area contributed by atoms with Crippen LogP contribution in [0.2, 0.25) is 0 Å². The molecule has 0 aliphatic carbocycles. The summed E-state index contributed by atoms with van der Waals surface area (Å²) in [7, 11) is 0. The van der Waals surface area contributed by atoms with Crippen molar-refractivity contribution in [2.45, 2.75) is 50.3 Å². The van der Waals surface area contributed by atoms with E-state index in [1.165, 1.54) is 35.7 Å². The lowest BCUT2D eigenvalue weighted by atomic mass is 9.85. The van der Waals surface area contributed by atoms with Crippen molar-refractivity contribution >= 4 is 22.6 Å². The van der Waals surface area contributed by atoms with Crippen LogP contribution >= 0.6 is 22.6 Å². The minimum atomic E-state index is 0.407. The summed E-state index contributed by atoms with van der Waals surface area (Å²) in [4.78, 5) is 0. The Morgan fingerprint density at radius 1 is 1.18 bits per heavy atom. The van der Waals surface area contributed by atoms with Gasteiger partial charge in [0, 0.05) is 15.7 Å². The minimum absolute atomic E-state index is 0.407. The molecule has 0 amide bonds. The SMILES string of the molecule is Ic1cccc(O[C@@H]2C[C@H]3CCC[C@@H](C2)N3)c1. The lowest BCUT2D eigenvalue weighted by Gasteiger charge is -2.40. The highest BCUT2D eigenvalue weighted by Gasteiger charge is 2.32. The second-order valence-corrected chi connectivity index (χ2v) is 6.41. The van der Waals surface area contributed by atoms with E-state index < -0.39 is 0 Å². The van der Waals surface area contributed by atoms with Gasteiger partial charge in [-0.25, -0.2) is 0 Å². The van der Waals surface area contributed by atoms with Gasteiger partial charge in [-0.2, -0.15) is 0 Å². The highest BCUT2D eigenvalue weighted by Crippen LogP contribution is 2.28. The van der Waals surface area contributed by atoms with Crippen molar-refractivity contribution in [3.63, 3.8) is 0 Å². The monoisotopic (exact) mass is 343 g/mol. The van der Waals surface area contributed by atoms with Gasteiger partial charge in [0.2, 0.25) is 0 Å². The lowest BCUT2D eigenvalue weighted by Crippen LogP contribution is -2.51. The van der Waals surface area contributed by atoms with E-state index in [0.717, 1.165) is 5.75 Å². The first-order valence-corrected chi connectivity index (χ1v) is 7.56. The third kappa shape index (κ3) is 2.94. The van der Waals surface area contributed by atoms with Crippen molar-refractivity contribution in [1.82, 2.24) is 5.32 Å². The summed E-state index contributed by atoms with van der Waals surface area (Å²) in [5, 5.41) is 3.70. The van der Waals surface area contributed by atoms with Crippen LogP contribution in [0, 0.1) is 3.57 Å². The Bertz CT molecular complexity index is 384. The fourth-order valence-corrected chi connectivity index (χ4v) is 3.56. The largest absolute Gasteiger partial charge is 0.490 e. The highest BCUT2D eigenvalue weighted by molar-refractivity contribution is 14.1. The molecule has 3 heteroatoms. The first kappa shape index (κ1) is 11.8. The molecule has 2 heterocycles. The Labute approximate surface area is 116 Å². The van der Waals surface area contributed by atoms with Gasteiger partial charge in [0.25, 0.3) is 0 Å². The van der Waals surface area contributed by atoms with E-state index in [0.29, 0.717) is 18.2 Å². The second kappa shape index (κ2) is 5.14. The lowest BCUT2D eigenvalue weighted by molar-refractivity contribution is 0.0927. The number of halogens is 1. The molecule has 2 fully saturated rings. The average Bonchev–Trinajstić information content (AvgIpc) is 2.28. The van der Waals surface area contributed by atoms with Gasteiger partial charge in [0.15, 0.2) is 0 Å². The maximum absolute atomic E-state index is 6.13. The zero-order valence-corrected chi connectivity index (χ0v) is 12.0. The second-order valence-electron chi connectivity index (χ2n) is 5.16.